The summed E-state index contributed by atoms with van der Waals surface area (Å²) in [6.07, 6.45) is 1.26. The predicted molar refractivity (Wildman–Crippen MR) is 58.6 cm³/mol. The summed E-state index contributed by atoms with van der Waals surface area (Å²) in [5.74, 6) is 0.668. The molecular formula is C12H23N. The van der Waals surface area contributed by atoms with Crippen LogP contribution in [0.2, 0.25) is 0 Å². The van der Waals surface area contributed by atoms with Crippen LogP contribution in [0.5, 0.6) is 0 Å². The van der Waals surface area contributed by atoms with E-state index >= 15 is 0 Å². The molecule has 1 aliphatic rings. The van der Waals surface area contributed by atoms with Crippen LogP contribution in [0.15, 0.2) is 11.3 Å². The van der Waals surface area contributed by atoms with Gasteiger partial charge in [-0.2, -0.15) is 0 Å². The Hall–Kier alpha value is -0.460. The first-order valence-corrected chi connectivity index (χ1v) is 5.28. The zero-order valence-corrected chi connectivity index (χ0v) is 9.94. The maximum Gasteiger partial charge on any atom is 0.0210 e. The van der Waals surface area contributed by atoms with Crippen molar-refractivity contribution in [1.29, 1.82) is 0 Å². The van der Waals surface area contributed by atoms with E-state index in [2.05, 4.69) is 46.6 Å². The Morgan fingerprint density at radius 2 is 1.77 bits per heavy atom. The van der Waals surface area contributed by atoms with E-state index in [1.165, 1.54) is 13.0 Å². The lowest BCUT2D eigenvalue weighted by molar-refractivity contribution is 0.409. The third-order valence-corrected chi connectivity index (χ3v) is 2.87. The summed E-state index contributed by atoms with van der Waals surface area (Å²) >= 11 is 0. The molecule has 0 fully saturated rings. The van der Waals surface area contributed by atoms with Gasteiger partial charge < -0.3 is 4.90 Å². The Labute approximate surface area is 82.8 Å². The van der Waals surface area contributed by atoms with Gasteiger partial charge in [-0.25, -0.2) is 0 Å². The first-order valence-electron chi connectivity index (χ1n) is 5.28. The zero-order valence-electron chi connectivity index (χ0n) is 9.94. The lowest BCUT2D eigenvalue weighted by Crippen LogP contribution is -2.18. The van der Waals surface area contributed by atoms with Gasteiger partial charge in [0.2, 0.25) is 0 Å². The number of hydrogen-bond acceptors (Lipinski definition) is 1. The topological polar surface area (TPSA) is 3.24 Å². The minimum Gasteiger partial charge on any atom is -0.377 e. The molecule has 0 radical (unpaired) electrons. The SMILES string of the molecule is CC(C)C1=C(C(C)(C)C)CCN1C. The molecule has 0 unspecified atom stereocenters. The average Bonchev–Trinajstić information content (AvgIpc) is 2.28. The minimum absolute atomic E-state index is 0.352. The van der Waals surface area contributed by atoms with E-state index in [0.717, 1.165) is 0 Å². The predicted octanol–water partition coefficient (Wildman–Crippen LogP) is 3.28. The lowest BCUT2D eigenvalue weighted by Gasteiger charge is -2.26. The van der Waals surface area contributed by atoms with Gasteiger partial charge in [-0.15, -0.1) is 0 Å². The Morgan fingerprint density at radius 1 is 1.23 bits per heavy atom. The number of rotatable bonds is 1. The molecule has 0 amide bonds. The number of hydrogen-bond donors (Lipinski definition) is 0. The van der Waals surface area contributed by atoms with Crippen molar-refractivity contribution in [2.24, 2.45) is 11.3 Å². The molecule has 1 heterocycles. The number of allylic oxidation sites excluding steroid dienone is 1. The van der Waals surface area contributed by atoms with Crippen molar-refractivity contribution in [3.63, 3.8) is 0 Å². The molecule has 0 aromatic carbocycles. The first-order chi connectivity index (χ1) is 5.84. The molecule has 0 N–H and O–H groups in total. The molecule has 0 aromatic heterocycles. The molecule has 0 spiro atoms. The van der Waals surface area contributed by atoms with E-state index in [1.54, 1.807) is 11.3 Å². The molecule has 13 heavy (non-hydrogen) atoms. The van der Waals surface area contributed by atoms with Crippen LogP contribution in [-0.4, -0.2) is 18.5 Å². The summed E-state index contributed by atoms with van der Waals surface area (Å²) in [4.78, 5) is 2.42. The third-order valence-electron chi connectivity index (χ3n) is 2.87. The Kier molecular flexibility index (Phi) is 2.74. The highest BCUT2D eigenvalue weighted by atomic mass is 15.1. The van der Waals surface area contributed by atoms with Crippen molar-refractivity contribution in [2.75, 3.05) is 13.6 Å². The lowest BCUT2D eigenvalue weighted by atomic mass is 9.83. The van der Waals surface area contributed by atoms with Gasteiger partial charge in [0.15, 0.2) is 0 Å². The largest absolute Gasteiger partial charge is 0.377 e. The summed E-state index contributed by atoms with van der Waals surface area (Å²) in [5, 5.41) is 0. The maximum absolute atomic E-state index is 2.42. The summed E-state index contributed by atoms with van der Waals surface area (Å²) < 4.78 is 0. The molecular weight excluding hydrogens is 158 g/mol. The van der Waals surface area contributed by atoms with Gasteiger partial charge in [-0.3, -0.25) is 0 Å². The summed E-state index contributed by atoms with van der Waals surface area (Å²) in [5.41, 5.74) is 3.59. The van der Waals surface area contributed by atoms with Crippen molar-refractivity contribution >= 4 is 0 Å². The molecule has 0 saturated heterocycles. The van der Waals surface area contributed by atoms with Crippen LogP contribution in [0.25, 0.3) is 0 Å². The standard InChI is InChI=1S/C12H23N/c1-9(2)11-10(12(3,4)5)7-8-13(11)6/h9H,7-8H2,1-6H3. The monoisotopic (exact) mass is 181 g/mol. The molecule has 0 saturated carbocycles. The van der Waals surface area contributed by atoms with Gasteiger partial charge in [-0.1, -0.05) is 34.6 Å². The highest BCUT2D eigenvalue weighted by Gasteiger charge is 2.29. The van der Waals surface area contributed by atoms with E-state index in [9.17, 15) is 0 Å². The molecule has 0 aliphatic carbocycles. The van der Waals surface area contributed by atoms with Crippen LogP contribution in [0.1, 0.15) is 41.0 Å². The smallest absolute Gasteiger partial charge is 0.0210 e. The Balaban J connectivity index is 3.03. The van der Waals surface area contributed by atoms with Crippen LogP contribution in [-0.2, 0) is 0 Å². The second kappa shape index (κ2) is 3.36. The highest BCUT2D eigenvalue weighted by Crippen LogP contribution is 2.38. The summed E-state index contributed by atoms with van der Waals surface area (Å²) in [6.45, 7) is 12.8. The van der Waals surface area contributed by atoms with Crippen LogP contribution < -0.4 is 0 Å². The van der Waals surface area contributed by atoms with E-state index in [1.807, 2.05) is 0 Å². The highest BCUT2D eigenvalue weighted by molar-refractivity contribution is 5.25. The molecule has 1 aliphatic heterocycles. The van der Waals surface area contributed by atoms with Crippen molar-refractivity contribution < 1.29 is 0 Å². The second-order valence-corrected chi connectivity index (χ2v) is 5.44. The van der Waals surface area contributed by atoms with Crippen LogP contribution in [0, 0.1) is 11.3 Å². The molecule has 1 nitrogen and oxygen atoms in total. The molecule has 1 heteroatoms. The quantitative estimate of drug-likeness (QED) is 0.600. The molecule has 0 atom stereocenters. The van der Waals surface area contributed by atoms with Crippen molar-refractivity contribution in [1.82, 2.24) is 4.90 Å². The third kappa shape index (κ3) is 2.07. The van der Waals surface area contributed by atoms with Gasteiger partial charge in [-0.05, 0) is 23.3 Å². The first kappa shape index (κ1) is 10.6. The minimum atomic E-state index is 0.352. The van der Waals surface area contributed by atoms with Gasteiger partial charge >= 0.3 is 0 Å². The Morgan fingerprint density at radius 3 is 2.08 bits per heavy atom. The molecule has 76 valence electrons. The molecule has 0 bridgehead atoms. The Bertz CT molecular complexity index is 218. The van der Waals surface area contributed by atoms with Crippen LogP contribution >= 0.6 is 0 Å². The van der Waals surface area contributed by atoms with Crippen molar-refractivity contribution in [3.05, 3.63) is 11.3 Å². The fourth-order valence-electron chi connectivity index (χ4n) is 2.31. The second-order valence-electron chi connectivity index (χ2n) is 5.44. The molecule has 0 aromatic rings. The van der Waals surface area contributed by atoms with Crippen molar-refractivity contribution in [3.8, 4) is 0 Å². The van der Waals surface area contributed by atoms with E-state index in [0.29, 0.717) is 11.3 Å². The average molecular weight is 181 g/mol. The van der Waals surface area contributed by atoms with E-state index < -0.39 is 0 Å². The van der Waals surface area contributed by atoms with Gasteiger partial charge in [0.25, 0.3) is 0 Å². The van der Waals surface area contributed by atoms with Gasteiger partial charge in [0.05, 0.1) is 0 Å². The fourth-order valence-corrected chi connectivity index (χ4v) is 2.31. The summed E-state index contributed by atoms with van der Waals surface area (Å²) in [6, 6.07) is 0. The van der Waals surface area contributed by atoms with Gasteiger partial charge in [0, 0.05) is 19.3 Å². The van der Waals surface area contributed by atoms with Crippen LogP contribution in [0.3, 0.4) is 0 Å². The number of nitrogens with zero attached hydrogens (tertiary/aromatic N) is 1. The fraction of sp³-hybridized carbons (Fsp3) is 0.833. The molecule has 1 rings (SSSR count). The van der Waals surface area contributed by atoms with Crippen molar-refractivity contribution in [2.45, 2.75) is 41.0 Å². The van der Waals surface area contributed by atoms with Crippen LogP contribution in [0.4, 0.5) is 0 Å². The normalized spacial score (nSPS) is 19.2. The van der Waals surface area contributed by atoms with E-state index in [-0.39, 0.29) is 0 Å². The maximum atomic E-state index is 2.42. The zero-order chi connectivity index (χ0) is 10.2. The summed E-state index contributed by atoms with van der Waals surface area (Å²) in [7, 11) is 2.22. The van der Waals surface area contributed by atoms with E-state index in [4.69, 9.17) is 0 Å². The van der Waals surface area contributed by atoms with Gasteiger partial charge in [0.1, 0.15) is 0 Å².